The van der Waals surface area contributed by atoms with E-state index in [9.17, 15) is 13.6 Å². The number of guanidine groups is 1. The van der Waals surface area contributed by atoms with E-state index >= 15 is 0 Å². The van der Waals surface area contributed by atoms with Crippen LogP contribution in [0, 0.1) is 5.41 Å². The van der Waals surface area contributed by atoms with Crippen LogP contribution in [0.4, 0.5) is 8.78 Å². The van der Waals surface area contributed by atoms with Crippen LogP contribution in [0.5, 0.6) is 11.5 Å². The molecule has 0 bridgehead atoms. The van der Waals surface area contributed by atoms with E-state index in [0.717, 1.165) is 0 Å². The molecule has 0 fully saturated rings. The van der Waals surface area contributed by atoms with E-state index in [-0.39, 0.29) is 42.2 Å². The number of amides is 1. The number of hydrogen-bond acceptors (Lipinski definition) is 4. The molecule has 154 valence electrons. The van der Waals surface area contributed by atoms with Gasteiger partial charge in [-0.1, -0.05) is 0 Å². The highest BCUT2D eigenvalue weighted by Crippen LogP contribution is 2.25. The number of halogens is 3. The molecular formula is C17H27F2IN4O3. The van der Waals surface area contributed by atoms with Gasteiger partial charge >= 0.3 is 6.61 Å². The standard InChI is InChI=1S/C17H26F2N4O3.HI/c1-17(2,14(24)20-3)10-23-16(21-4)22-9-11-8-12(25-5)6-7-13(11)26-15(18)19;/h6-8,15H,9-10H2,1-5H3,(H,20,24)(H2,21,22,23);1H. The summed E-state index contributed by atoms with van der Waals surface area (Å²) in [5, 5.41) is 8.65. The van der Waals surface area contributed by atoms with E-state index in [4.69, 9.17) is 4.74 Å². The van der Waals surface area contributed by atoms with Gasteiger partial charge < -0.3 is 25.4 Å². The van der Waals surface area contributed by atoms with Gasteiger partial charge in [-0.15, -0.1) is 24.0 Å². The lowest BCUT2D eigenvalue weighted by atomic mass is 9.92. The van der Waals surface area contributed by atoms with Crippen molar-refractivity contribution in [3.63, 3.8) is 0 Å². The summed E-state index contributed by atoms with van der Waals surface area (Å²) in [6.07, 6.45) is 0. The summed E-state index contributed by atoms with van der Waals surface area (Å²) in [4.78, 5) is 15.9. The molecule has 10 heteroatoms. The van der Waals surface area contributed by atoms with Gasteiger partial charge in [0.1, 0.15) is 11.5 Å². The SMILES string of the molecule is CN=C(NCc1cc(OC)ccc1OC(F)F)NCC(C)(C)C(=O)NC.I. The van der Waals surface area contributed by atoms with Gasteiger partial charge in [-0.05, 0) is 32.0 Å². The van der Waals surface area contributed by atoms with Crippen LogP contribution in [-0.4, -0.2) is 46.2 Å². The smallest absolute Gasteiger partial charge is 0.387 e. The van der Waals surface area contributed by atoms with Crippen LogP contribution in [-0.2, 0) is 11.3 Å². The molecule has 1 aromatic rings. The average molecular weight is 500 g/mol. The minimum Gasteiger partial charge on any atom is -0.497 e. The molecule has 0 aromatic heterocycles. The lowest BCUT2D eigenvalue weighted by Gasteiger charge is -2.24. The Bertz CT molecular complexity index is 643. The Kier molecular flexibility index (Phi) is 11.0. The van der Waals surface area contributed by atoms with Crippen LogP contribution in [0.25, 0.3) is 0 Å². The molecule has 3 N–H and O–H groups in total. The molecule has 27 heavy (non-hydrogen) atoms. The highest BCUT2D eigenvalue weighted by molar-refractivity contribution is 14.0. The number of aliphatic imine (C=N–C) groups is 1. The lowest BCUT2D eigenvalue weighted by Crippen LogP contribution is -2.47. The molecule has 0 atom stereocenters. The van der Waals surface area contributed by atoms with E-state index in [0.29, 0.717) is 23.8 Å². The van der Waals surface area contributed by atoms with Crippen molar-refractivity contribution in [3.8, 4) is 11.5 Å². The number of rotatable bonds is 8. The van der Waals surface area contributed by atoms with E-state index in [1.54, 1.807) is 40.1 Å². The van der Waals surface area contributed by atoms with Crippen LogP contribution in [0.15, 0.2) is 23.2 Å². The summed E-state index contributed by atoms with van der Waals surface area (Å²) in [6.45, 7) is 1.18. The maximum Gasteiger partial charge on any atom is 0.387 e. The molecule has 0 spiro atoms. The van der Waals surface area contributed by atoms with E-state index < -0.39 is 12.0 Å². The topological polar surface area (TPSA) is 84.0 Å². The third-order valence-corrected chi connectivity index (χ3v) is 3.69. The minimum absolute atomic E-state index is 0. The van der Waals surface area contributed by atoms with Gasteiger partial charge in [0.2, 0.25) is 5.91 Å². The number of nitrogens with one attached hydrogen (secondary N) is 3. The van der Waals surface area contributed by atoms with E-state index in [2.05, 4.69) is 25.7 Å². The molecule has 0 saturated heterocycles. The molecule has 0 unspecified atom stereocenters. The van der Waals surface area contributed by atoms with Crippen molar-refractivity contribution in [1.82, 2.24) is 16.0 Å². The van der Waals surface area contributed by atoms with Crippen LogP contribution in [0.1, 0.15) is 19.4 Å². The second-order valence-corrected chi connectivity index (χ2v) is 6.09. The maximum atomic E-state index is 12.6. The first-order valence-corrected chi connectivity index (χ1v) is 8.02. The van der Waals surface area contributed by atoms with Crippen molar-refractivity contribution in [1.29, 1.82) is 0 Å². The molecule has 7 nitrogen and oxygen atoms in total. The van der Waals surface area contributed by atoms with Gasteiger partial charge in [0, 0.05) is 32.7 Å². The predicted molar refractivity (Wildman–Crippen MR) is 111 cm³/mol. The maximum absolute atomic E-state index is 12.6. The fourth-order valence-corrected chi connectivity index (χ4v) is 2.15. The second kappa shape index (κ2) is 11.8. The van der Waals surface area contributed by atoms with Gasteiger partial charge in [-0.25, -0.2) is 0 Å². The quantitative estimate of drug-likeness (QED) is 0.290. The van der Waals surface area contributed by atoms with Crippen molar-refractivity contribution in [2.45, 2.75) is 27.0 Å². The van der Waals surface area contributed by atoms with Crippen LogP contribution >= 0.6 is 24.0 Å². The summed E-state index contributed by atoms with van der Waals surface area (Å²) >= 11 is 0. The summed E-state index contributed by atoms with van der Waals surface area (Å²) < 4.78 is 34.8. The Labute approximate surface area is 175 Å². The summed E-state index contributed by atoms with van der Waals surface area (Å²) in [5.41, 5.74) is -0.162. The number of benzene rings is 1. The number of carbonyl (C=O) groups is 1. The van der Waals surface area contributed by atoms with Crippen LogP contribution < -0.4 is 25.4 Å². The largest absolute Gasteiger partial charge is 0.497 e. The Morgan fingerprint density at radius 1 is 1.30 bits per heavy atom. The molecule has 0 aliphatic rings. The van der Waals surface area contributed by atoms with Crippen molar-refractivity contribution < 1.29 is 23.0 Å². The first-order valence-electron chi connectivity index (χ1n) is 8.02. The Hall–Kier alpha value is -1.85. The number of methoxy groups -OCH3 is 1. The Morgan fingerprint density at radius 3 is 2.48 bits per heavy atom. The molecule has 0 heterocycles. The zero-order chi connectivity index (χ0) is 19.7. The molecular weight excluding hydrogens is 473 g/mol. The van der Waals surface area contributed by atoms with Gasteiger partial charge in [0.05, 0.1) is 12.5 Å². The zero-order valence-electron chi connectivity index (χ0n) is 16.1. The molecule has 0 radical (unpaired) electrons. The van der Waals surface area contributed by atoms with Gasteiger partial charge in [-0.3, -0.25) is 9.79 Å². The van der Waals surface area contributed by atoms with Crippen LogP contribution in [0.3, 0.4) is 0 Å². The van der Waals surface area contributed by atoms with Gasteiger partial charge in [-0.2, -0.15) is 8.78 Å². The summed E-state index contributed by atoms with van der Waals surface area (Å²) in [7, 11) is 4.64. The monoisotopic (exact) mass is 500 g/mol. The number of carbonyl (C=O) groups excluding carboxylic acids is 1. The predicted octanol–water partition coefficient (Wildman–Crippen LogP) is 2.35. The van der Waals surface area contributed by atoms with Gasteiger partial charge in [0.15, 0.2) is 5.96 Å². The fourth-order valence-electron chi connectivity index (χ4n) is 2.15. The van der Waals surface area contributed by atoms with Gasteiger partial charge in [0.25, 0.3) is 0 Å². The summed E-state index contributed by atoms with van der Waals surface area (Å²) in [6, 6.07) is 4.57. The third kappa shape index (κ3) is 8.14. The van der Waals surface area contributed by atoms with Crippen molar-refractivity contribution in [2.75, 3.05) is 27.7 Å². The summed E-state index contributed by atoms with van der Waals surface area (Å²) in [5.74, 6) is 0.884. The first kappa shape index (κ1) is 25.1. The number of alkyl halides is 2. The molecule has 1 aromatic carbocycles. The number of hydrogen-bond donors (Lipinski definition) is 3. The number of ether oxygens (including phenoxy) is 2. The molecule has 0 aliphatic heterocycles. The van der Waals surface area contributed by atoms with Crippen molar-refractivity contribution >= 4 is 35.8 Å². The molecule has 1 amide bonds. The molecule has 1 rings (SSSR count). The van der Waals surface area contributed by atoms with Crippen molar-refractivity contribution in [3.05, 3.63) is 23.8 Å². The third-order valence-electron chi connectivity index (χ3n) is 3.69. The minimum atomic E-state index is -2.92. The van der Waals surface area contributed by atoms with E-state index in [1.165, 1.54) is 13.2 Å². The average Bonchev–Trinajstić information content (AvgIpc) is 2.61. The number of nitrogens with zero attached hydrogens (tertiary/aromatic N) is 1. The lowest BCUT2D eigenvalue weighted by molar-refractivity contribution is -0.128. The van der Waals surface area contributed by atoms with E-state index in [1.807, 2.05) is 0 Å². The Balaban J connectivity index is 0.00000676. The first-order chi connectivity index (χ1) is 12.2. The molecule has 0 saturated carbocycles. The highest BCUT2D eigenvalue weighted by atomic mass is 127. The zero-order valence-corrected chi connectivity index (χ0v) is 18.4. The normalized spacial score (nSPS) is 11.5. The Morgan fingerprint density at radius 2 is 1.96 bits per heavy atom. The molecule has 0 aliphatic carbocycles. The fraction of sp³-hybridized carbons (Fsp3) is 0.529. The van der Waals surface area contributed by atoms with Crippen molar-refractivity contribution in [2.24, 2.45) is 10.4 Å². The van der Waals surface area contributed by atoms with Crippen LogP contribution in [0.2, 0.25) is 0 Å². The highest BCUT2D eigenvalue weighted by Gasteiger charge is 2.26. The second-order valence-electron chi connectivity index (χ2n) is 6.09.